The predicted octanol–water partition coefficient (Wildman–Crippen LogP) is 3.82. The molecule has 4 rings (SSSR count). The van der Waals surface area contributed by atoms with Gasteiger partial charge in [-0.3, -0.25) is 14.4 Å². The van der Waals surface area contributed by atoms with Crippen molar-refractivity contribution in [3.8, 4) is 0 Å². The Hall–Kier alpha value is -2.32. The first-order chi connectivity index (χ1) is 17.8. The Bertz CT molecular complexity index is 1020. The molecule has 2 amide bonds. The lowest BCUT2D eigenvalue weighted by Gasteiger charge is -2.43. The van der Waals surface area contributed by atoms with Crippen molar-refractivity contribution in [2.45, 2.75) is 75.1 Å². The van der Waals surface area contributed by atoms with E-state index in [4.69, 9.17) is 4.74 Å². The highest BCUT2D eigenvalue weighted by Crippen LogP contribution is 2.69. The molecular formula is C29H40N2O5S. The first-order valence-electron chi connectivity index (χ1n) is 13.5. The van der Waals surface area contributed by atoms with Gasteiger partial charge in [-0.1, -0.05) is 56.7 Å². The Balaban J connectivity index is 1.87. The van der Waals surface area contributed by atoms with E-state index in [1.165, 1.54) is 0 Å². The first kappa shape index (κ1) is 27.7. The summed E-state index contributed by atoms with van der Waals surface area (Å²) in [5, 5.41) is 10.6. The molecule has 1 aromatic carbocycles. The SMILES string of the molecule is C=CCN(C(=O)C1N([C@H](CO)c2ccccc2)C(=O)[C@@H]2[C@@H](C(=O)OCC)[C@H]3CC(C)C12S3)C(C)CCC. The lowest BCUT2D eigenvalue weighted by atomic mass is 9.66. The minimum absolute atomic E-state index is 0.0352. The van der Waals surface area contributed by atoms with Gasteiger partial charge in [0.05, 0.1) is 35.8 Å². The molecule has 8 heteroatoms. The third-order valence-electron chi connectivity index (χ3n) is 8.52. The van der Waals surface area contributed by atoms with E-state index >= 15 is 0 Å². The van der Waals surface area contributed by atoms with Crippen molar-refractivity contribution in [2.24, 2.45) is 17.8 Å². The number of fused-ring (bicyclic) bond motifs is 1. The summed E-state index contributed by atoms with van der Waals surface area (Å²) in [7, 11) is 0. The topological polar surface area (TPSA) is 87.2 Å². The van der Waals surface area contributed by atoms with E-state index in [2.05, 4.69) is 20.4 Å². The molecule has 37 heavy (non-hydrogen) atoms. The lowest BCUT2D eigenvalue weighted by Crippen LogP contribution is -2.59. The Labute approximate surface area is 224 Å². The molecule has 202 valence electrons. The summed E-state index contributed by atoms with van der Waals surface area (Å²) in [6.45, 7) is 12.2. The Morgan fingerprint density at radius 3 is 2.62 bits per heavy atom. The molecule has 1 spiro atoms. The van der Waals surface area contributed by atoms with Gasteiger partial charge in [0.15, 0.2) is 0 Å². The quantitative estimate of drug-likeness (QED) is 0.347. The second-order valence-electron chi connectivity index (χ2n) is 10.6. The number of nitrogens with zero attached hydrogens (tertiary/aromatic N) is 2. The highest BCUT2D eigenvalue weighted by atomic mass is 32.2. The number of amides is 2. The van der Waals surface area contributed by atoms with E-state index in [-0.39, 0.29) is 48.2 Å². The molecule has 3 aliphatic heterocycles. The standard InChI is InChI=1S/C29H40N2O5S/c1-6-12-19(5)30(15-7-2)27(34)25-29-18(4)16-22(37-29)23(28(35)36-8-3)24(29)26(33)31(25)21(17-32)20-13-10-9-11-14-20/h7,9-11,13-14,18-19,21-25,32H,2,6,8,12,15-17H2,1,3-5H3/t18?,19?,21-,22-,23+,24+,25?,29?/m1/s1. The summed E-state index contributed by atoms with van der Waals surface area (Å²) in [6.07, 6.45) is 4.22. The van der Waals surface area contributed by atoms with Crippen LogP contribution in [0, 0.1) is 17.8 Å². The minimum atomic E-state index is -0.800. The number of esters is 1. The van der Waals surface area contributed by atoms with Crippen LogP contribution in [-0.2, 0) is 19.1 Å². The summed E-state index contributed by atoms with van der Waals surface area (Å²) in [6, 6.07) is 7.84. The highest BCUT2D eigenvalue weighted by Gasteiger charge is 2.77. The monoisotopic (exact) mass is 528 g/mol. The Kier molecular flexibility index (Phi) is 8.38. The van der Waals surface area contributed by atoms with Crippen molar-refractivity contribution in [2.75, 3.05) is 19.8 Å². The molecule has 0 aliphatic carbocycles. The molecule has 2 bridgehead atoms. The fourth-order valence-corrected chi connectivity index (χ4v) is 9.36. The molecule has 3 saturated heterocycles. The molecule has 1 N–H and O–H groups in total. The van der Waals surface area contributed by atoms with Crippen LogP contribution < -0.4 is 0 Å². The molecule has 4 unspecified atom stereocenters. The van der Waals surface area contributed by atoms with Crippen LogP contribution in [0.1, 0.15) is 58.6 Å². The van der Waals surface area contributed by atoms with Crippen LogP contribution in [0.15, 0.2) is 43.0 Å². The van der Waals surface area contributed by atoms with Gasteiger partial charge in [-0.05, 0) is 38.2 Å². The molecule has 3 fully saturated rings. The number of carbonyl (C=O) groups excluding carboxylic acids is 3. The molecule has 1 aromatic rings. The lowest BCUT2D eigenvalue weighted by molar-refractivity contribution is -0.154. The minimum Gasteiger partial charge on any atom is -0.466 e. The molecule has 0 radical (unpaired) electrons. The van der Waals surface area contributed by atoms with Gasteiger partial charge in [0.1, 0.15) is 6.04 Å². The molecule has 8 atom stereocenters. The number of ether oxygens (including phenoxy) is 1. The summed E-state index contributed by atoms with van der Waals surface area (Å²) >= 11 is 1.63. The molecule has 3 aliphatic rings. The largest absolute Gasteiger partial charge is 0.466 e. The molecule has 3 heterocycles. The smallest absolute Gasteiger partial charge is 0.310 e. The van der Waals surface area contributed by atoms with Gasteiger partial charge in [-0.25, -0.2) is 0 Å². The number of aliphatic hydroxyl groups excluding tert-OH is 1. The van der Waals surface area contributed by atoms with Gasteiger partial charge in [0.25, 0.3) is 0 Å². The Morgan fingerprint density at radius 2 is 2.03 bits per heavy atom. The van der Waals surface area contributed by atoms with Crippen molar-refractivity contribution in [3.05, 3.63) is 48.6 Å². The van der Waals surface area contributed by atoms with Gasteiger partial charge in [-0.15, -0.1) is 18.3 Å². The molecule has 0 saturated carbocycles. The van der Waals surface area contributed by atoms with Gasteiger partial charge in [0.2, 0.25) is 11.8 Å². The zero-order valence-corrected chi connectivity index (χ0v) is 23.2. The number of likely N-dealkylation sites (tertiary alicyclic amines) is 1. The highest BCUT2D eigenvalue weighted by molar-refractivity contribution is 8.02. The fourth-order valence-electron chi connectivity index (χ4n) is 6.97. The number of hydrogen-bond acceptors (Lipinski definition) is 6. The maximum atomic E-state index is 14.6. The van der Waals surface area contributed by atoms with E-state index in [0.717, 1.165) is 24.8 Å². The van der Waals surface area contributed by atoms with E-state index in [1.54, 1.807) is 29.7 Å². The van der Waals surface area contributed by atoms with Crippen LogP contribution in [0.4, 0.5) is 0 Å². The Morgan fingerprint density at radius 1 is 1.32 bits per heavy atom. The number of benzene rings is 1. The predicted molar refractivity (Wildman–Crippen MR) is 145 cm³/mol. The molecule has 7 nitrogen and oxygen atoms in total. The first-order valence-corrected chi connectivity index (χ1v) is 14.4. The van der Waals surface area contributed by atoms with E-state index in [1.807, 2.05) is 42.2 Å². The number of thioether (sulfide) groups is 1. The zero-order valence-electron chi connectivity index (χ0n) is 22.3. The van der Waals surface area contributed by atoms with Crippen LogP contribution in [0.25, 0.3) is 0 Å². The van der Waals surface area contributed by atoms with E-state index in [0.29, 0.717) is 6.54 Å². The zero-order chi connectivity index (χ0) is 26.9. The van der Waals surface area contributed by atoms with Gasteiger partial charge >= 0.3 is 5.97 Å². The van der Waals surface area contributed by atoms with Gasteiger partial charge in [-0.2, -0.15) is 0 Å². The maximum absolute atomic E-state index is 14.6. The second kappa shape index (κ2) is 11.2. The summed E-state index contributed by atoms with van der Waals surface area (Å²) in [4.78, 5) is 45.6. The third kappa shape index (κ3) is 4.40. The summed E-state index contributed by atoms with van der Waals surface area (Å²) in [5.74, 6) is -1.93. The number of rotatable bonds is 11. The van der Waals surface area contributed by atoms with Crippen LogP contribution in [0.3, 0.4) is 0 Å². The van der Waals surface area contributed by atoms with Crippen molar-refractivity contribution in [3.63, 3.8) is 0 Å². The van der Waals surface area contributed by atoms with Crippen molar-refractivity contribution in [1.82, 2.24) is 9.80 Å². The average molecular weight is 529 g/mol. The fraction of sp³-hybridized carbons (Fsp3) is 0.621. The number of carbonyl (C=O) groups is 3. The van der Waals surface area contributed by atoms with Gasteiger partial charge < -0.3 is 19.6 Å². The van der Waals surface area contributed by atoms with Crippen LogP contribution in [0.5, 0.6) is 0 Å². The summed E-state index contributed by atoms with van der Waals surface area (Å²) in [5.41, 5.74) is 0.768. The van der Waals surface area contributed by atoms with Crippen molar-refractivity contribution < 1.29 is 24.2 Å². The molecular weight excluding hydrogens is 488 g/mol. The van der Waals surface area contributed by atoms with Crippen LogP contribution in [-0.4, -0.2) is 74.5 Å². The van der Waals surface area contributed by atoms with E-state index in [9.17, 15) is 19.5 Å². The van der Waals surface area contributed by atoms with Gasteiger partial charge in [0, 0.05) is 17.8 Å². The number of aliphatic hydroxyl groups is 1. The van der Waals surface area contributed by atoms with Crippen LogP contribution >= 0.6 is 11.8 Å². The third-order valence-corrected chi connectivity index (χ3v) is 10.6. The normalized spacial score (nSPS) is 31.6. The average Bonchev–Trinajstić information content (AvgIpc) is 3.48. The van der Waals surface area contributed by atoms with E-state index < -0.39 is 28.7 Å². The molecule has 0 aromatic heterocycles. The number of hydrogen-bond donors (Lipinski definition) is 1. The maximum Gasteiger partial charge on any atom is 0.310 e. The van der Waals surface area contributed by atoms with Crippen molar-refractivity contribution in [1.29, 1.82) is 0 Å². The second-order valence-corrected chi connectivity index (χ2v) is 12.1. The van der Waals surface area contributed by atoms with Crippen LogP contribution in [0.2, 0.25) is 0 Å². The summed E-state index contributed by atoms with van der Waals surface area (Å²) < 4.78 is 4.68. The van der Waals surface area contributed by atoms with Crippen molar-refractivity contribution >= 4 is 29.5 Å².